The Labute approximate surface area is 201 Å². The summed E-state index contributed by atoms with van der Waals surface area (Å²) in [6.45, 7) is 2.29. The number of hydrogen-bond donors (Lipinski definition) is 2. The second-order valence-electron chi connectivity index (χ2n) is 9.97. The molecule has 0 rings (SSSR count). The molecule has 0 aromatic rings. The number of hydroxylamine groups is 1. The van der Waals surface area contributed by atoms with E-state index in [4.69, 9.17) is 11.0 Å². The van der Waals surface area contributed by atoms with Crippen molar-refractivity contribution in [3.8, 4) is 0 Å². The number of nitrogens with two attached hydrogens (primary N) is 1. The second kappa shape index (κ2) is 26.6. The zero-order valence-electron chi connectivity index (χ0n) is 21.8. The molecule has 32 heavy (non-hydrogen) atoms. The Morgan fingerprint density at radius 1 is 0.500 bits per heavy atom. The lowest BCUT2D eigenvalue weighted by atomic mass is 10.0. The zero-order chi connectivity index (χ0) is 23.5. The minimum absolute atomic E-state index is 0.208. The van der Waals surface area contributed by atoms with Crippen LogP contribution in [0.25, 0.3) is 0 Å². The maximum absolute atomic E-state index is 11.1. The van der Waals surface area contributed by atoms with Gasteiger partial charge in [0.05, 0.1) is 0 Å². The molecule has 0 atom stereocenters. The van der Waals surface area contributed by atoms with E-state index in [0.29, 0.717) is 6.42 Å². The van der Waals surface area contributed by atoms with E-state index in [1.807, 2.05) is 0 Å². The SMILES string of the molecule is CCCCCCCCCCCCCCCCCCCCCCCCCCCC(=O)N(N)O. The summed E-state index contributed by atoms with van der Waals surface area (Å²) in [6, 6.07) is 0. The molecule has 3 N–H and O–H groups in total. The molecule has 0 aromatic heterocycles. The van der Waals surface area contributed by atoms with Crippen LogP contribution < -0.4 is 5.84 Å². The van der Waals surface area contributed by atoms with Crippen molar-refractivity contribution in [1.82, 2.24) is 5.17 Å². The molecule has 0 saturated heterocycles. The van der Waals surface area contributed by atoms with Gasteiger partial charge in [0.1, 0.15) is 0 Å². The average molecular weight is 455 g/mol. The Hall–Kier alpha value is -0.610. The molecule has 0 radical (unpaired) electrons. The minimum atomic E-state index is -0.390. The van der Waals surface area contributed by atoms with Gasteiger partial charge in [-0.05, 0) is 6.42 Å². The lowest BCUT2D eigenvalue weighted by Gasteiger charge is -2.07. The van der Waals surface area contributed by atoms with Crippen LogP contribution in [-0.4, -0.2) is 16.3 Å². The summed E-state index contributed by atoms with van der Waals surface area (Å²) in [5, 5.41) is 8.98. The van der Waals surface area contributed by atoms with Gasteiger partial charge in [-0.1, -0.05) is 161 Å². The molecule has 0 aliphatic heterocycles. The van der Waals surface area contributed by atoms with Gasteiger partial charge in [0.15, 0.2) is 0 Å². The second-order valence-corrected chi connectivity index (χ2v) is 9.97. The van der Waals surface area contributed by atoms with Gasteiger partial charge in [0, 0.05) is 6.42 Å². The van der Waals surface area contributed by atoms with E-state index in [0.717, 1.165) is 12.8 Å². The van der Waals surface area contributed by atoms with Crippen molar-refractivity contribution in [2.75, 3.05) is 0 Å². The van der Waals surface area contributed by atoms with E-state index >= 15 is 0 Å². The number of carbonyl (C=O) groups excluding carboxylic acids is 1. The molecule has 192 valence electrons. The Morgan fingerprint density at radius 3 is 0.938 bits per heavy atom. The standard InChI is InChI=1S/C28H58N2O2/c1-2-3-4-5-6-7-8-9-10-11-12-13-14-15-16-17-18-19-20-21-22-23-24-25-26-27-28(31)30(29)32/h32H,2-27,29H2,1H3. The van der Waals surface area contributed by atoms with E-state index in [-0.39, 0.29) is 11.1 Å². The topological polar surface area (TPSA) is 66.6 Å². The summed E-state index contributed by atoms with van der Waals surface area (Å²) < 4.78 is 0. The van der Waals surface area contributed by atoms with E-state index in [1.165, 1.54) is 148 Å². The van der Waals surface area contributed by atoms with Crippen molar-refractivity contribution in [3.63, 3.8) is 0 Å². The van der Waals surface area contributed by atoms with Gasteiger partial charge in [-0.15, -0.1) is 0 Å². The van der Waals surface area contributed by atoms with Crippen molar-refractivity contribution < 1.29 is 10.0 Å². The van der Waals surface area contributed by atoms with Crippen LogP contribution in [0.1, 0.15) is 174 Å². The van der Waals surface area contributed by atoms with Gasteiger partial charge in [0.2, 0.25) is 0 Å². The average Bonchev–Trinajstić information content (AvgIpc) is 2.78. The van der Waals surface area contributed by atoms with Crippen LogP contribution in [0.4, 0.5) is 0 Å². The monoisotopic (exact) mass is 454 g/mol. The van der Waals surface area contributed by atoms with Crippen LogP contribution in [0.3, 0.4) is 0 Å². The number of nitrogens with zero attached hydrogens (tertiary/aromatic N) is 1. The van der Waals surface area contributed by atoms with Crippen LogP contribution in [0.2, 0.25) is 0 Å². The van der Waals surface area contributed by atoms with Crippen molar-refractivity contribution in [2.45, 2.75) is 174 Å². The zero-order valence-corrected chi connectivity index (χ0v) is 21.8. The molecule has 0 fully saturated rings. The van der Waals surface area contributed by atoms with Gasteiger partial charge in [-0.25, -0.2) is 5.84 Å². The first-order valence-corrected chi connectivity index (χ1v) is 14.4. The van der Waals surface area contributed by atoms with Crippen molar-refractivity contribution >= 4 is 5.91 Å². The lowest BCUT2D eigenvalue weighted by Crippen LogP contribution is -2.33. The Bertz CT molecular complexity index is 374. The van der Waals surface area contributed by atoms with Crippen molar-refractivity contribution in [3.05, 3.63) is 0 Å². The fraction of sp³-hybridized carbons (Fsp3) is 0.964. The predicted octanol–water partition coefficient (Wildman–Crippen LogP) is 9.24. The Balaban J connectivity index is 3.04. The summed E-state index contributed by atoms with van der Waals surface area (Å²) in [6.07, 6.45) is 34.7. The summed E-state index contributed by atoms with van der Waals surface area (Å²) in [5.41, 5.74) is 0. The number of unbranched alkanes of at least 4 members (excludes halogenated alkanes) is 24. The molecule has 0 aromatic carbocycles. The molecule has 0 spiro atoms. The van der Waals surface area contributed by atoms with Crippen LogP contribution in [0.5, 0.6) is 0 Å². The normalized spacial score (nSPS) is 11.2. The number of rotatable bonds is 26. The first-order chi connectivity index (χ1) is 15.7. The highest BCUT2D eigenvalue weighted by atomic mass is 16.5. The van der Waals surface area contributed by atoms with E-state index in [9.17, 15) is 4.79 Å². The third kappa shape index (κ3) is 25.6. The third-order valence-electron chi connectivity index (χ3n) is 6.75. The molecule has 0 aliphatic rings. The van der Waals surface area contributed by atoms with Crippen molar-refractivity contribution in [1.29, 1.82) is 0 Å². The van der Waals surface area contributed by atoms with Crippen LogP contribution in [0.15, 0.2) is 0 Å². The number of hydrazine groups is 1. The van der Waals surface area contributed by atoms with Crippen LogP contribution in [0, 0.1) is 0 Å². The highest BCUT2D eigenvalue weighted by Crippen LogP contribution is 2.16. The highest BCUT2D eigenvalue weighted by molar-refractivity contribution is 5.74. The third-order valence-corrected chi connectivity index (χ3v) is 6.75. The van der Waals surface area contributed by atoms with Crippen molar-refractivity contribution in [2.24, 2.45) is 5.84 Å². The molecule has 0 bridgehead atoms. The molecule has 4 nitrogen and oxygen atoms in total. The quantitative estimate of drug-likeness (QED) is 0.0450. The fourth-order valence-corrected chi connectivity index (χ4v) is 4.53. The summed E-state index contributed by atoms with van der Waals surface area (Å²) in [5.74, 6) is 4.59. The lowest BCUT2D eigenvalue weighted by molar-refractivity contribution is -0.166. The summed E-state index contributed by atoms with van der Waals surface area (Å²) in [7, 11) is 0. The molecular weight excluding hydrogens is 396 g/mol. The minimum Gasteiger partial charge on any atom is -0.271 e. The van der Waals surface area contributed by atoms with E-state index in [1.54, 1.807) is 0 Å². The largest absolute Gasteiger partial charge is 0.271 e. The Morgan fingerprint density at radius 2 is 0.719 bits per heavy atom. The molecule has 0 unspecified atom stereocenters. The highest BCUT2D eigenvalue weighted by Gasteiger charge is 2.04. The Kier molecular flexibility index (Phi) is 26.1. The number of carbonyl (C=O) groups is 1. The van der Waals surface area contributed by atoms with Gasteiger partial charge in [-0.2, -0.15) is 5.17 Å². The van der Waals surface area contributed by atoms with Gasteiger partial charge < -0.3 is 0 Å². The molecule has 1 amide bonds. The predicted molar refractivity (Wildman–Crippen MR) is 139 cm³/mol. The van der Waals surface area contributed by atoms with Gasteiger partial charge in [0.25, 0.3) is 5.91 Å². The molecule has 0 heterocycles. The smallest absolute Gasteiger partial charge is 0.260 e. The van der Waals surface area contributed by atoms with E-state index < -0.39 is 0 Å². The van der Waals surface area contributed by atoms with Gasteiger partial charge >= 0.3 is 0 Å². The molecule has 0 aliphatic carbocycles. The molecule has 0 saturated carbocycles. The maximum Gasteiger partial charge on any atom is 0.260 e. The van der Waals surface area contributed by atoms with Crippen LogP contribution >= 0.6 is 0 Å². The number of amides is 1. The number of hydrogen-bond acceptors (Lipinski definition) is 3. The summed E-state index contributed by atoms with van der Waals surface area (Å²) in [4.78, 5) is 11.1. The van der Waals surface area contributed by atoms with E-state index in [2.05, 4.69) is 6.92 Å². The first-order valence-electron chi connectivity index (χ1n) is 14.4. The molecule has 4 heteroatoms. The molecular formula is C28H58N2O2. The summed E-state index contributed by atoms with van der Waals surface area (Å²) >= 11 is 0. The van der Waals surface area contributed by atoms with Crippen LogP contribution in [-0.2, 0) is 4.79 Å². The first kappa shape index (κ1) is 31.4. The fourth-order valence-electron chi connectivity index (χ4n) is 4.53. The maximum atomic E-state index is 11.1. The van der Waals surface area contributed by atoms with Gasteiger partial charge in [-0.3, -0.25) is 10.0 Å².